The molecule has 1 unspecified atom stereocenters. The van der Waals surface area contributed by atoms with E-state index in [-0.39, 0.29) is 24.0 Å². The quantitative estimate of drug-likeness (QED) is 0.322. The highest BCUT2D eigenvalue weighted by atomic mass is 127. The van der Waals surface area contributed by atoms with Gasteiger partial charge in [0.25, 0.3) is 0 Å². The topological polar surface area (TPSA) is 59.9 Å². The lowest BCUT2D eigenvalue weighted by molar-refractivity contribution is 0.167. The molecule has 7 heteroatoms. The first-order valence-corrected chi connectivity index (χ1v) is 9.59. The SMILES string of the molecule is CCNC(=NCC(O)c1ccc(Cl)cc1)NC1CCN(C(C)C)CC1.I. The first kappa shape index (κ1) is 23.5. The molecule has 0 radical (unpaired) electrons. The second-order valence-electron chi connectivity index (χ2n) is 6.84. The van der Waals surface area contributed by atoms with Crippen LogP contribution in [0.4, 0.5) is 0 Å². The summed E-state index contributed by atoms with van der Waals surface area (Å²) in [6.07, 6.45) is 1.60. The van der Waals surface area contributed by atoms with E-state index in [0.717, 1.165) is 44.0 Å². The molecule has 148 valence electrons. The van der Waals surface area contributed by atoms with Gasteiger partial charge in [0.05, 0.1) is 12.6 Å². The predicted octanol–water partition coefficient (Wildman–Crippen LogP) is 3.42. The molecule has 1 heterocycles. The van der Waals surface area contributed by atoms with Crippen molar-refractivity contribution in [2.75, 3.05) is 26.2 Å². The molecule has 26 heavy (non-hydrogen) atoms. The zero-order valence-electron chi connectivity index (χ0n) is 15.9. The number of nitrogens with zero attached hydrogens (tertiary/aromatic N) is 2. The van der Waals surface area contributed by atoms with Gasteiger partial charge in [-0.2, -0.15) is 0 Å². The van der Waals surface area contributed by atoms with Crippen molar-refractivity contribution in [2.24, 2.45) is 4.99 Å². The fourth-order valence-electron chi connectivity index (χ4n) is 3.04. The van der Waals surface area contributed by atoms with Gasteiger partial charge in [-0.25, -0.2) is 0 Å². The summed E-state index contributed by atoms with van der Waals surface area (Å²) in [6.45, 7) is 9.89. The number of rotatable bonds is 6. The van der Waals surface area contributed by atoms with Crippen LogP contribution >= 0.6 is 35.6 Å². The fraction of sp³-hybridized carbons (Fsp3) is 0.632. The average molecular weight is 495 g/mol. The number of hydrogen-bond donors (Lipinski definition) is 3. The molecule has 1 aliphatic rings. The highest BCUT2D eigenvalue weighted by Gasteiger charge is 2.21. The third-order valence-electron chi connectivity index (χ3n) is 4.62. The molecular weight excluding hydrogens is 463 g/mol. The molecule has 0 amide bonds. The van der Waals surface area contributed by atoms with E-state index in [9.17, 15) is 5.11 Å². The van der Waals surface area contributed by atoms with Crippen LogP contribution in [0.5, 0.6) is 0 Å². The van der Waals surface area contributed by atoms with Crippen molar-refractivity contribution in [3.8, 4) is 0 Å². The summed E-state index contributed by atoms with van der Waals surface area (Å²) < 4.78 is 0. The van der Waals surface area contributed by atoms with Crippen LogP contribution in [-0.2, 0) is 0 Å². The summed E-state index contributed by atoms with van der Waals surface area (Å²) in [5.41, 5.74) is 0.828. The van der Waals surface area contributed by atoms with E-state index in [2.05, 4.69) is 34.4 Å². The number of aliphatic imine (C=N–C) groups is 1. The molecule has 3 N–H and O–H groups in total. The van der Waals surface area contributed by atoms with Crippen LogP contribution in [-0.4, -0.2) is 54.2 Å². The Morgan fingerprint density at radius 1 is 1.27 bits per heavy atom. The summed E-state index contributed by atoms with van der Waals surface area (Å²) in [7, 11) is 0. The summed E-state index contributed by atoms with van der Waals surface area (Å²) in [6, 6.07) is 8.29. The van der Waals surface area contributed by atoms with Crippen molar-refractivity contribution >= 4 is 41.5 Å². The monoisotopic (exact) mass is 494 g/mol. The largest absolute Gasteiger partial charge is 0.386 e. The number of likely N-dealkylation sites (tertiary alicyclic amines) is 1. The van der Waals surface area contributed by atoms with Crippen LogP contribution in [0.25, 0.3) is 0 Å². The molecule has 1 aromatic carbocycles. The Bertz CT molecular complexity index is 545. The van der Waals surface area contributed by atoms with E-state index in [1.165, 1.54) is 0 Å². The molecule has 1 saturated heterocycles. The number of benzene rings is 1. The number of piperidine rings is 1. The molecule has 1 aromatic rings. The van der Waals surface area contributed by atoms with Crippen LogP contribution in [0.15, 0.2) is 29.3 Å². The van der Waals surface area contributed by atoms with Gasteiger partial charge in [0.15, 0.2) is 5.96 Å². The van der Waals surface area contributed by atoms with Gasteiger partial charge in [-0.15, -0.1) is 24.0 Å². The number of aliphatic hydroxyl groups excluding tert-OH is 1. The molecule has 5 nitrogen and oxygen atoms in total. The molecule has 0 aromatic heterocycles. The fourth-order valence-corrected chi connectivity index (χ4v) is 3.17. The average Bonchev–Trinajstić information content (AvgIpc) is 2.60. The lowest BCUT2D eigenvalue weighted by Crippen LogP contribution is -2.50. The zero-order chi connectivity index (χ0) is 18.2. The molecule has 0 saturated carbocycles. The molecule has 1 fully saturated rings. The molecule has 0 aliphatic carbocycles. The van der Waals surface area contributed by atoms with Crippen LogP contribution in [0.1, 0.15) is 45.3 Å². The van der Waals surface area contributed by atoms with Crippen molar-refractivity contribution in [1.29, 1.82) is 0 Å². The lowest BCUT2D eigenvalue weighted by atomic mass is 10.0. The van der Waals surface area contributed by atoms with E-state index < -0.39 is 6.10 Å². The van der Waals surface area contributed by atoms with Gasteiger partial charge in [0.2, 0.25) is 0 Å². The highest BCUT2D eigenvalue weighted by molar-refractivity contribution is 14.0. The minimum atomic E-state index is -0.629. The first-order chi connectivity index (χ1) is 12.0. The predicted molar refractivity (Wildman–Crippen MR) is 121 cm³/mol. The second-order valence-corrected chi connectivity index (χ2v) is 7.27. The third-order valence-corrected chi connectivity index (χ3v) is 4.87. The normalized spacial score (nSPS) is 17.7. The van der Waals surface area contributed by atoms with E-state index in [1.54, 1.807) is 12.1 Å². The molecular formula is C19H32ClIN4O. The molecule has 0 bridgehead atoms. The summed E-state index contributed by atoms with van der Waals surface area (Å²) in [5, 5.41) is 17.8. The summed E-state index contributed by atoms with van der Waals surface area (Å²) in [4.78, 5) is 7.06. The first-order valence-electron chi connectivity index (χ1n) is 9.22. The van der Waals surface area contributed by atoms with Gasteiger partial charge in [-0.1, -0.05) is 23.7 Å². The minimum Gasteiger partial charge on any atom is -0.386 e. The van der Waals surface area contributed by atoms with Crippen molar-refractivity contribution < 1.29 is 5.11 Å². The number of nitrogens with one attached hydrogen (secondary N) is 2. The highest BCUT2D eigenvalue weighted by Crippen LogP contribution is 2.17. The zero-order valence-corrected chi connectivity index (χ0v) is 19.0. The Morgan fingerprint density at radius 3 is 2.42 bits per heavy atom. The maximum atomic E-state index is 10.3. The molecule has 1 aliphatic heterocycles. The van der Waals surface area contributed by atoms with Gasteiger partial charge in [0, 0.05) is 36.7 Å². The van der Waals surface area contributed by atoms with E-state index >= 15 is 0 Å². The number of guanidine groups is 1. The standard InChI is InChI=1S/C19H31ClN4O.HI/c1-4-21-19(23-17-9-11-24(12-10-17)14(2)3)22-13-18(25)15-5-7-16(20)8-6-15;/h5-8,14,17-18,25H,4,9-13H2,1-3H3,(H2,21,22,23);1H. The van der Waals surface area contributed by atoms with Crippen molar-refractivity contribution in [3.05, 3.63) is 34.9 Å². The van der Waals surface area contributed by atoms with Crippen LogP contribution in [0.2, 0.25) is 5.02 Å². The van der Waals surface area contributed by atoms with Gasteiger partial charge in [-0.3, -0.25) is 4.99 Å². The Hall–Kier alpha value is -0.570. The van der Waals surface area contributed by atoms with Crippen molar-refractivity contribution in [1.82, 2.24) is 15.5 Å². The van der Waals surface area contributed by atoms with E-state index in [1.807, 2.05) is 19.1 Å². The Morgan fingerprint density at radius 2 is 1.88 bits per heavy atom. The van der Waals surface area contributed by atoms with Gasteiger partial charge >= 0.3 is 0 Å². The smallest absolute Gasteiger partial charge is 0.191 e. The molecule has 2 rings (SSSR count). The lowest BCUT2D eigenvalue weighted by Gasteiger charge is -2.35. The van der Waals surface area contributed by atoms with E-state index in [4.69, 9.17) is 11.6 Å². The van der Waals surface area contributed by atoms with Crippen LogP contribution in [0, 0.1) is 0 Å². The Labute approximate surface area is 179 Å². The maximum absolute atomic E-state index is 10.3. The molecule has 1 atom stereocenters. The summed E-state index contributed by atoms with van der Waals surface area (Å²) in [5.74, 6) is 0.776. The van der Waals surface area contributed by atoms with Gasteiger partial charge in [-0.05, 0) is 51.3 Å². The number of aliphatic hydroxyl groups is 1. The summed E-state index contributed by atoms with van der Waals surface area (Å²) >= 11 is 5.89. The Kier molecular flexibility index (Phi) is 10.8. The van der Waals surface area contributed by atoms with Crippen LogP contribution in [0.3, 0.4) is 0 Å². The van der Waals surface area contributed by atoms with Crippen molar-refractivity contribution in [2.45, 2.75) is 51.8 Å². The minimum absolute atomic E-state index is 0. The number of hydrogen-bond acceptors (Lipinski definition) is 3. The van der Waals surface area contributed by atoms with Crippen molar-refractivity contribution in [3.63, 3.8) is 0 Å². The maximum Gasteiger partial charge on any atom is 0.191 e. The second kappa shape index (κ2) is 12.0. The van der Waals surface area contributed by atoms with Crippen LogP contribution < -0.4 is 10.6 Å². The molecule has 0 spiro atoms. The van der Waals surface area contributed by atoms with E-state index in [0.29, 0.717) is 23.7 Å². The third kappa shape index (κ3) is 7.58. The van der Waals surface area contributed by atoms with Gasteiger partial charge in [0.1, 0.15) is 0 Å². The number of halogens is 2. The van der Waals surface area contributed by atoms with Gasteiger partial charge < -0.3 is 20.6 Å². The Balaban J connectivity index is 0.00000338.